The van der Waals surface area contributed by atoms with Gasteiger partial charge in [0.25, 0.3) is 5.91 Å². The lowest BCUT2D eigenvalue weighted by Gasteiger charge is -2.29. The molecule has 0 aromatic heterocycles. The Labute approximate surface area is 169 Å². The van der Waals surface area contributed by atoms with Crippen molar-refractivity contribution in [1.29, 1.82) is 0 Å². The number of benzene rings is 1. The fourth-order valence-electron chi connectivity index (χ4n) is 4.51. The second kappa shape index (κ2) is 8.20. The van der Waals surface area contributed by atoms with Gasteiger partial charge in [0.1, 0.15) is 11.7 Å². The van der Waals surface area contributed by atoms with Crippen molar-refractivity contribution in [3.63, 3.8) is 0 Å². The Morgan fingerprint density at radius 2 is 2.07 bits per heavy atom. The first-order valence-electron chi connectivity index (χ1n) is 10.3. The molecule has 1 aromatic rings. The molecule has 0 aliphatic carbocycles. The van der Waals surface area contributed by atoms with Gasteiger partial charge in [0.05, 0.1) is 0 Å². The van der Waals surface area contributed by atoms with Crippen LogP contribution in [-0.2, 0) is 22.7 Å². The van der Waals surface area contributed by atoms with Crippen LogP contribution in [-0.4, -0.2) is 54.0 Å². The van der Waals surface area contributed by atoms with Gasteiger partial charge in [-0.05, 0) is 56.0 Å². The lowest BCUT2D eigenvalue weighted by atomic mass is 9.96. The summed E-state index contributed by atoms with van der Waals surface area (Å²) in [5.41, 5.74) is 1.20. The largest absolute Gasteiger partial charge is 0.322 e. The summed E-state index contributed by atoms with van der Waals surface area (Å²) in [5.74, 6) is -0.897. The van der Waals surface area contributed by atoms with Gasteiger partial charge < -0.3 is 15.5 Å². The van der Waals surface area contributed by atoms with E-state index in [1.54, 1.807) is 11.0 Å². The van der Waals surface area contributed by atoms with E-state index in [0.717, 1.165) is 24.1 Å². The number of carbonyl (C=O) groups excluding carboxylic acids is 3. The summed E-state index contributed by atoms with van der Waals surface area (Å²) in [6.07, 6.45) is 2.44. The van der Waals surface area contributed by atoms with E-state index < -0.39 is 17.6 Å². The van der Waals surface area contributed by atoms with Gasteiger partial charge in [-0.25, -0.2) is 4.39 Å². The second-order valence-corrected chi connectivity index (χ2v) is 8.20. The van der Waals surface area contributed by atoms with Crippen molar-refractivity contribution >= 4 is 17.7 Å². The molecule has 7 nitrogen and oxygen atoms in total. The minimum Gasteiger partial charge on any atom is -0.322 e. The minimum absolute atomic E-state index is 0.187. The summed E-state index contributed by atoms with van der Waals surface area (Å²) in [7, 11) is 0. The molecule has 2 saturated heterocycles. The monoisotopic (exact) mass is 402 g/mol. The maximum Gasteiger partial charge on any atom is 0.255 e. The van der Waals surface area contributed by atoms with E-state index in [4.69, 9.17) is 0 Å². The van der Waals surface area contributed by atoms with Crippen LogP contribution in [0.15, 0.2) is 18.2 Å². The molecular weight excluding hydrogens is 375 g/mol. The molecule has 156 valence electrons. The normalized spacial score (nSPS) is 27.6. The van der Waals surface area contributed by atoms with Crippen LogP contribution < -0.4 is 16.0 Å². The predicted molar refractivity (Wildman–Crippen MR) is 105 cm³/mol. The number of hydrogen-bond acceptors (Lipinski definition) is 5. The molecule has 3 aliphatic heterocycles. The molecule has 2 fully saturated rings. The Morgan fingerprint density at radius 1 is 1.21 bits per heavy atom. The molecule has 3 amide bonds. The van der Waals surface area contributed by atoms with Crippen molar-refractivity contribution in [1.82, 2.24) is 20.9 Å². The fourth-order valence-corrected chi connectivity index (χ4v) is 4.51. The van der Waals surface area contributed by atoms with Gasteiger partial charge in [0.15, 0.2) is 0 Å². The number of fused-ring (bicyclic) bond motifs is 1. The van der Waals surface area contributed by atoms with Gasteiger partial charge in [-0.15, -0.1) is 0 Å². The van der Waals surface area contributed by atoms with Gasteiger partial charge in [-0.2, -0.15) is 0 Å². The third kappa shape index (κ3) is 4.18. The van der Waals surface area contributed by atoms with E-state index in [1.165, 1.54) is 0 Å². The Hall–Kier alpha value is -2.32. The summed E-state index contributed by atoms with van der Waals surface area (Å²) >= 11 is 0. The predicted octanol–water partition coefficient (Wildman–Crippen LogP) is 1.02. The molecule has 2 atom stereocenters. The molecule has 1 aromatic carbocycles. The Bertz CT molecular complexity index is 820. The van der Waals surface area contributed by atoms with Crippen LogP contribution in [0.25, 0.3) is 0 Å². The minimum atomic E-state index is -1.21. The molecule has 0 bridgehead atoms. The Kier molecular flexibility index (Phi) is 5.65. The highest BCUT2D eigenvalue weighted by Gasteiger charge is 2.39. The smallest absolute Gasteiger partial charge is 0.255 e. The quantitative estimate of drug-likeness (QED) is 0.640. The average molecular weight is 402 g/mol. The average Bonchev–Trinajstić information content (AvgIpc) is 2.87. The zero-order valence-corrected chi connectivity index (χ0v) is 16.4. The zero-order valence-electron chi connectivity index (χ0n) is 16.4. The molecule has 8 heteroatoms. The lowest BCUT2D eigenvalue weighted by Crippen LogP contribution is -2.52. The molecule has 3 heterocycles. The lowest BCUT2D eigenvalue weighted by molar-refractivity contribution is -0.136. The van der Waals surface area contributed by atoms with E-state index in [2.05, 4.69) is 16.0 Å². The first-order valence-corrected chi connectivity index (χ1v) is 10.3. The van der Waals surface area contributed by atoms with Crippen LogP contribution in [0, 0.1) is 0 Å². The van der Waals surface area contributed by atoms with Crippen LogP contribution in [0.2, 0.25) is 0 Å². The number of halogens is 1. The van der Waals surface area contributed by atoms with Crippen LogP contribution >= 0.6 is 0 Å². The van der Waals surface area contributed by atoms with Crippen LogP contribution in [0.4, 0.5) is 4.39 Å². The zero-order chi connectivity index (χ0) is 20.4. The summed E-state index contributed by atoms with van der Waals surface area (Å²) < 4.78 is 15.0. The molecule has 3 N–H and O–H groups in total. The third-order valence-corrected chi connectivity index (χ3v) is 6.16. The maximum atomic E-state index is 15.0. The number of nitrogens with zero attached hydrogens (tertiary/aromatic N) is 1. The number of hydrogen-bond donors (Lipinski definition) is 3. The first-order chi connectivity index (χ1) is 14.0. The van der Waals surface area contributed by atoms with E-state index in [0.29, 0.717) is 44.5 Å². The maximum absolute atomic E-state index is 15.0. The molecule has 29 heavy (non-hydrogen) atoms. The van der Waals surface area contributed by atoms with Crippen LogP contribution in [0.5, 0.6) is 0 Å². The number of imide groups is 1. The van der Waals surface area contributed by atoms with E-state index in [1.807, 2.05) is 12.1 Å². The van der Waals surface area contributed by atoms with Crippen molar-refractivity contribution in [2.45, 2.75) is 56.9 Å². The van der Waals surface area contributed by atoms with Gasteiger partial charge in [0, 0.05) is 31.6 Å². The van der Waals surface area contributed by atoms with Gasteiger partial charge in [-0.1, -0.05) is 12.1 Å². The van der Waals surface area contributed by atoms with E-state index in [-0.39, 0.29) is 24.8 Å². The summed E-state index contributed by atoms with van der Waals surface area (Å²) in [6, 6.07) is 4.90. The number of nitrogens with one attached hydrogen (secondary N) is 3. The van der Waals surface area contributed by atoms with Crippen LogP contribution in [0.3, 0.4) is 0 Å². The van der Waals surface area contributed by atoms with Crippen LogP contribution in [0.1, 0.15) is 53.6 Å². The Balaban J connectivity index is 1.43. The highest BCUT2D eigenvalue weighted by molar-refractivity contribution is 6.05. The highest BCUT2D eigenvalue weighted by atomic mass is 19.1. The highest BCUT2D eigenvalue weighted by Crippen LogP contribution is 2.30. The van der Waals surface area contributed by atoms with Crippen molar-refractivity contribution < 1.29 is 18.8 Å². The van der Waals surface area contributed by atoms with E-state index >= 15 is 4.39 Å². The molecule has 0 saturated carbocycles. The standard InChI is InChI=1S/C21H27FN4O3/c22-21(7-2-9-23-10-8-21)13-24-11-14-3-1-4-15-16(14)12-26(20(15)29)17-5-6-18(27)25-19(17)28/h1,3-4,17,23-24H,2,5-13H2,(H,25,27,28). The first kappa shape index (κ1) is 20.0. The van der Waals surface area contributed by atoms with Crippen molar-refractivity contribution in [3.8, 4) is 0 Å². The molecule has 4 rings (SSSR count). The van der Waals surface area contributed by atoms with E-state index in [9.17, 15) is 14.4 Å². The number of carbonyl (C=O) groups is 3. The summed E-state index contributed by atoms with van der Waals surface area (Å²) in [5, 5.41) is 8.78. The molecule has 0 spiro atoms. The molecule has 0 radical (unpaired) electrons. The molecule has 2 unspecified atom stereocenters. The molecular formula is C21H27FN4O3. The topological polar surface area (TPSA) is 90.5 Å². The number of piperidine rings is 1. The molecule has 3 aliphatic rings. The summed E-state index contributed by atoms with van der Waals surface area (Å²) in [4.78, 5) is 38.0. The van der Waals surface area contributed by atoms with Crippen molar-refractivity contribution in [2.75, 3.05) is 19.6 Å². The summed E-state index contributed by atoms with van der Waals surface area (Å²) in [6.45, 7) is 2.63. The Morgan fingerprint density at radius 3 is 2.90 bits per heavy atom. The van der Waals surface area contributed by atoms with Crippen molar-refractivity contribution in [2.24, 2.45) is 0 Å². The SMILES string of the molecule is O=C1CCC(N2Cc3c(CNCC4(F)CCCNCC4)cccc3C2=O)C(=O)N1. The van der Waals surface area contributed by atoms with Gasteiger partial charge in [-0.3, -0.25) is 19.7 Å². The number of amides is 3. The number of rotatable bonds is 5. The van der Waals surface area contributed by atoms with Crippen molar-refractivity contribution in [3.05, 3.63) is 34.9 Å². The number of alkyl halides is 1. The fraction of sp³-hybridized carbons (Fsp3) is 0.571. The second-order valence-electron chi connectivity index (χ2n) is 8.20. The van der Waals surface area contributed by atoms with Gasteiger partial charge >= 0.3 is 0 Å². The third-order valence-electron chi connectivity index (χ3n) is 6.16. The van der Waals surface area contributed by atoms with Gasteiger partial charge in [0.2, 0.25) is 11.8 Å².